The maximum Gasteiger partial charge on any atom is 0.206 e. The molecule has 0 amide bonds. The summed E-state index contributed by atoms with van der Waals surface area (Å²) < 4.78 is 12.3. The number of rotatable bonds is 7. The minimum Gasteiger partial charge on any atom is -0.504 e. The molecule has 3 aromatic carbocycles. The molecule has 0 saturated carbocycles. The Balaban J connectivity index is 1.81. The van der Waals surface area contributed by atoms with E-state index in [9.17, 15) is 5.11 Å². The van der Waals surface area contributed by atoms with E-state index in [1.807, 2.05) is 23.6 Å². The Kier molecular flexibility index (Phi) is 6.37. The molecule has 7 heteroatoms. The van der Waals surface area contributed by atoms with Crippen molar-refractivity contribution >= 4 is 28.3 Å². The summed E-state index contributed by atoms with van der Waals surface area (Å²) in [7, 11) is 3.18. The number of aromatic hydroxyl groups is 1. The van der Waals surface area contributed by atoms with Gasteiger partial charge in [0.05, 0.1) is 32.7 Å². The second-order valence-electron chi connectivity index (χ2n) is 6.92. The van der Waals surface area contributed by atoms with Crippen LogP contribution in [0.1, 0.15) is 5.56 Å². The number of fused-ring (bicyclic) bond motifs is 1. The number of thiazole rings is 1. The number of phenols is 1. The third kappa shape index (κ3) is 4.29. The van der Waals surface area contributed by atoms with Gasteiger partial charge in [0, 0.05) is 16.5 Å². The molecule has 0 bridgehead atoms. The third-order valence-corrected chi connectivity index (χ3v) is 5.80. The first kappa shape index (κ1) is 21.4. The predicted molar refractivity (Wildman–Crippen MR) is 130 cm³/mol. The van der Waals surface area contributed by atoms with Crippen molar-refractivity contribution in [3.05, 3.63) is 83.0 Å². The van der Waals surface area contributed by atoms with Crippen LogP contribution in [0.5, 0.6) is 17.2 Å². The molecular formula is C25H23N3O3S. The molecule has 4 aromatic rings. The van der Waals surface area contributed by atoms with Gasteiger partial charge in [0.25, 0.3) is 0 Å². The molecule has 4 rings (SSSR count). The van der Waals surface area contributed by atoms with Gasteiger partial charge in [-0.05, 0) is 41.1 Å². The number of methoxy groups -OCH3 is 2. The fourth-order valence-electron chi connectivity index (χ4n) is 3.30. The Morgan fingerprint density at radius 3 is 2.66 bits per heavy atom. The molecule has 0 saturated heterocycles. The van der Waals surface area contributed by atoms with Crippen molar-refractivity contribution < 1.29 is 14.6 Å². The highest BCUT2D eigenvalue weighted by Gasteiger charge is 2.10. The van der Waals surface area contributed by atoms with Crippen molar-refractivity contribution in [2.45, 2.75) is 0 Å². The van der Waals surface area contributed by atoms with Crippen LogP contribution >= 0.6 is 11.3 Å². The van der Waals surface area contributed by atoms with E-state index in [0.29, 0.717) is 17.9 Å². The smallest absolute Gasteiger partial charge is 0.206 e. The zero-order valence-corrected chi connectivity index (χ0v) is 18.7. The summed E-state index contributed by atoms with van der Waals surface area (Å²) in [6.45, 7) is 4.23. The van der Waals surface area contributed by atoms with Gasteiger partial charge < -0.3 is 14.6 Å². The van der Waals surface area contributed by atoms with E-state index < -0.39 is 0 Å². The van der Waals surface area contributed by atoms with E-state index in [4.69, 9.17) is 9.47 Å². The summed E-state index contributed by atoms with van der Waals surface area (Å²) in [6.07, 6.45) is 3.34. The van der Waals surface area contributed by atoms with E-state index in [1.54, 1.807) is 42.3 Å². The fraction of sp³-hybridized carbons (Fsp3) is 0.120. The van der Waals surface area contributed by atoms with Crippen molar-refractivity contribution in [1.82, 2.24) is 4.68 Å². The summed E-state index contributed by atoms with van der Waals surface area (Å²) >= 11 is 1.50. The summed E-state index contributed by atoms with van der Waals surface area (Å²) in [5.41, 5.74) is 2.45. The normalized spacial score (nSPS) is 11.9. The van der Waals surface area contributed by atoms with E-state index in [1.165, 1.54) is 18.4 Å². The Morgan fingerprint density at radius 1 is 1.06 bits per heavy atom. The number of hydrogen-bond donors (Lipinski definition) is 1. The fourth-order valence-corrected chi connectivity index (χ4v) is 4.15. The minimum atomic E-state index is 0.0420. The number of phenolic OH excluding ortho intramolecular Hbond substituents is 1. The molecule has 0 aliphatic rings. The van der Waals surface area contributed by atoms with Gasteiger partial charge in [-0.1, -0.05) is 30.3 Å². The van der Waals surface area contributed by atoms with Gasteiger partial charge in [0.15, 0.2) is 11.5 Å². The Morgan fingerprint density at radius 2 is 1.88 bits per heavy atom. The molecule has 0 fully saturated rings. The molecule has 0 unspecified atom stereocenters. The molecule has 32 heavy (non-hydrogen) atoms. The lowest BCUT2D eigenvalue weighted by atomic mass is 10.1. The minimum absolute atomic E-state index is 0.0420. The number of ether oxygens (including phenoxy) is 2. The van der Waals surface area contributed by atoms with Crippen molar-refractivity contribution in [2.24, 2.45) is 10.1 Å². The first-order valence-corrected chi connectivity index (χ1v) is 10.8. The van der Waals surface area contributed by atoms with Crippen LogP contribution in [0.4, 0.5) is 0 Å². The summed E-state index contributed by atoms with van der Waals surface area (Å²) in [5, 5.41) is 19.3. The standard InChI is InChI=1S/C25H23N3O3S/c1-4-12-26-25-28(27-15-20-6-5-7-23(31-3)24(20)29)22(16-32-25)19-9-8-18-14-21(30-2)11-10-17(18)13-19/h4-11,13-16,29H,1,12H2,2-3H3. The van der Waals surface area contributed by atoms with E-state index >= 15 is 0 Å². The van der Waals surface area contributed by atoms with Crippen molar-refractivity contribution in [3.8, 4) is 28.5 Å². The number of para-hydroxylation sites is 1. The first-order valence-electron chi connectivity index (χ1n) is 9.95. The topological polar surface area (TPSA) is 68.3 Å². The monoisotopic (exact) mass is 445 g/mol. The number of nitrogens with zero attached hydrogens (tertiary/aromatic N) is 3. The lowest BCUT2D eigenvalue weighted by molar-refractivity contribution is 0.373. The number of aromatic nitrogens is 1. The predicted octanol–water partition coefficient (Wildman–Crippen LogP) is 5.06. The maximum atomic E-state index is 10.4. The van der Waals surface area contributed by atoms with Crippen LogP contribution < -0.4 is 14.3 Å². The lowest BCUT2D eigenvalue weighted by Gasteiger charge is -2.08. The molecule has 0 aliphatic carbocycles. The summed E-state index contributed by atoms with van der Waals surface area (Å²) in [5.74, 6) is 1.26. The van der Waals surface area contributed by atoms with Gasteiger partial charge >= 0.3 is 0 Å². The Hall–Kier alpha value is -3.84. The first-order chi connectivity index (χ1) is 15.6. The van der Waals surface area contributed by atoms with Crippen LogP contribution in [0.3, 0.4) is 0 Å². The number of hydrogen-bond acceptors (Lipinski definition) is 6. The van der Waals surface area contributed by atoms with E-state index in [-0.39, 0.29) is 5.75 Å². The molecule has 0 radical (unpaired) electrons. The molecule has 1 aromatic heterocycles. The van der Waals surface area contributed by atoms with Crippen LogP contribution in [-0.4, -0.2) is 36.8 Å². The van der Waals surface area contributed by atoms with Gasteiger partial charge in [0.2, 0.25) is 4.80 Å². The van der Waals surface area contributed by atoms with Gasteiger partial charge in [0.1, 0.15) is 5.75 Å². The largest absolute Gasteiger partial charge is 0.504 e. The SMILES string of the molecule is C=CCN=c1scc(-c2ccc3cc(OC)ccc3c2)n1N=Cc1cccc(OC)c1O. The van der Waals surface area contributed by atoms with Crippen LogP contribution in [0.2, 0.25) is 0 Å². The quantitative estimate of drug-likeness (QED) is 0.319. The van der Waals surface area contributed by atoms with Gasteiger partial charge in [-0.3, -0.25) is 4.99 Å². The van der Waals surface area contributed by atoms with Crippen molar-refractivity contribution in [2.75, 3.05) is 20.8 Å². The lowest BCUT2D eigenvalue weighted by Crippen LogP contribution is -2.12. The zero-order valence-electron chi connectivity index (χ0n) is 17.9. The number of benzene rings is 3. The molecule has 1 heterocycles. The molecular weight excluding hydrogens is 422 g/mol. The molecule has 0 aliphatic heterocycles. The molecule has 6 nitrogen and oxygen atoms in total. The van der Waals surface area contributed by atoms with Gasteiger partial charge in [-0.2, -0.15) is 5.10 Å². The van der Waals surface area contributed by atoms with Crippen molar-refractivity contribution in [1.29, 1.82) is 0 Å². The molecule has 162 valence electrons. The highest BCUT2D eigenvalue weighted by atomic mass is 32.1. The van der Waals surface area contributed by atoms with Crippen LogP contribution in [0.15, 0.2) is 82.7 Å². The van der Waals surface area contributed by atoms with Crippen LogP contribution in [-0.2, 0) is 0 Å². The second kappa shape index (κ2) is 9.53. The summed E-state index contributed by atoms with van der Waals surface area (Å²) in [4.78, 5) is 5.30. The van der Waals surface area contributed by atoms with Crippen LogP contribution in [0, 0.1) is 0 Å². The average Bonchev–Trinajstić information content (AvgIpc) is 3.24. The van der Waals surface area contributed by atoms with Gasteiger partial charge in [-0.15, -0.1) is 17.9 Å². The van der Waals surface area contributed by atoms with E-state index in [2.05, 4.69) is 34.9 Å². The summed E-state index contributed by atoms with van der Waals surface area (Å²) in [6, 6.07) is 17.5. The highest BCUT2D eigenvalue weighted by Crippen LogP contribution is 2.29. The average molecular weight is 446 g/mol. The van der Waals surface area contributed by atoms with Crippen molar-refractivity contribution in [3.63, 3.8) is 0 Å². The Bertz CT molecular complexity index is 1370. The third-order valence-electron chi connectivity index (χ3n) is 4.95. The highest BCUT2D eigenvalue weighted by molar-refractivity contribution is 7.07. The zero-order chi connectivity index (χ0) is 22.5. The van der Waals surface area contributed by atoms with E-state index in [0.717, 1.165) is 32.6 Å². The van der Waals surface area contributed by atoms with Crippen LogP contribution in [0.25, 0.3) is 22.0 Å². The maximum absolute atomic E-state index is 10.4. The molecule has 1 N–H and O–H groups in total. The second-order valence-corrected chi connectivity index (χ2v) is 7.75. The van der Waals surface area contributed by atoms with Gasteiger partial charge in [-0.25, -0.2) is 4.68 Å². The molecule has 0 spiro atoms. The Labute approximate surface area is 190 Å². The molecule has 0 atom stereocenters.